The number of nitrogens with one attached hydrogen (secondary N) is 4. The molecule has 0 radical (unpaired) electrons. The highest BCUT2D eigenvalue weighted by Crippen LogP contribution is 2.11. The number of carbonyl (C=O) groups excluding carboxylic acids is 5. The minimum absolute atomic E-state index is 0.0391. The highest BCUT2D eigenvalue weighted by atomic mass is 16.4. The predicted molar refractivity (Wildman–Crippen MR) is 158 cm³/mol. The van der Waals surface area contributed by atoms with Crippen LogP contribution in [0.4, 0.5) is 0 Å². The second-order valence-corrected chi connectivity index (χ2v) is 11.3. The summed E-state index contributed by atoms with van der Waals surface area (Å²) < 4.78 is 0. The van der Waals surface area contributed by atoms with E-state index in [1.165, 1.54) is 0 Å². The van der Waals surface area contributed by atoms with Crippen LogP contribution in [0.2, 0.25) is 0 Å². The molecule has 0 unspecified atom stereocenters. The third kappa shape index (κ3) is 13.6. The monoisotopic (exact) mass is 620 g/mol. The van der Waals surface area contributed by atoms with Crippen LogP contribution in [-0.4, -0.2) is 81.9 Å². The van der Waals surface area contributed by atoms with Crippen molar-refractivity contribution in [2.24, 2.45) is 23.3 Å². The van der Waals surface area contributed by atoms with Crippen LogP contribution in [0.1, 0.15) is 58.9 Å². The molecule has 44 heavy (non-hydrogen) atoms. The summed E-state index contributed by atoms with van der Waals surface area (Å²) in [6.07, 6.45) is -1.03. The minimum Gasteiger partial charge on any atom is -0.481 e. The average molecular weight is 621 g/mol. The number of benzene rings is 1. The molecule has 0 saturated heterocycles. The lowest BCUT2D eigenvalue weighted by molar-refractivity contribution is -0.143. The topological polar surface area (TPSA) is 260 Å². The van der Waals surface area contributed by atoms with Crippen LogP contribution in [-0.2, 0) is 40.0 Å². The van der Waals surface area contributed by atoms with Crippen molar-refractivity contribution in [3.8, 4) is 0 Å². The lowest BCUT2D eigenvalue weighted by atomic mass is 9.98. The summed E-state index contributed by atoms with van der Waals surface area (Å²) in [5.74, 6) is -7.15. The maximum absolute atomic E-state index is 13.5. The first-order chi connectivity index (χ1) is 20.5. The van der Waals surface area contributed by atoms with Crippen LogP contribution >= 0.6 is 0 Å². The lowest BCUT2D eigenvalue weighted by Gasteiger charge is -2.28. The zero-order valence-electron chi connectivity index (χ0n) is 25.4. The molecule has 10 N–H and O–H groups in total. The van der Waals surface area contributed by atoms with E-state index in [1.54, 1.807) is 44.2 Å². The quantitative estimate of drug-likeness (QED) is 0.0937. The first kappa shape index (κ1) is 37.5. The molecule has 0 spiro atoms. The van der Waals surface area contributed by atoms with Crippen molar-refractivity contribution in [1.29, 1.82) is 0 Å². The molecule has 15 heteroatoms. The molecular weight excluding hydrogens is 576 g/mol. The second-order valence-electron chi connectivity index (χ2n) is 11.3. The number of primary amides is 1. The fourth-order valence-electron chi connectivity index (χ4n) is 4.17. The van der Waals surface area contributed by atoms with Crippen molar-refractivity contribution in [3.63, 3.8) is 0 Å². The van der Waals surface area contributed by atoms with Crippen LogP contribution < -0.4 is 32.7 Å². The Hall–Kier alpha value is -4.53. The normalized spacial score (nSPS) is 14.4. The Bertz CT molecular complexity index is 1180. The Balaban J connectivity index is 3.20. The van der Waals surface area contributed by atoms with Gasteiger partial charge in [-0.2, -0.15) is 0 Å². The van der Waals surface area contributed by atoms with Gasteiger partial charge in [-0.15, -0.1) is 0 Å². The molecule has 1 aromatic carbocycles. The predicted octanol–water partition coefficient (Wildman–Crippen LogP) is -0.977. The summed E-state index contributed by atoms with van der Waals surface area (Å²) >= 11 is 0. The molecule has 5 atom stereocenters. The SMILES string of the molecule is CC(C)C[C@H](NC(=O)[C@@H](NC(=O)[C@@H](N)CCC(=O)O)C(C)C)C(=O)N[C@@H](Cc1ccccc1)C(=O)N[C@H](CC(N)=O)C(=O)O. The molecule has 5 amide bonds. The summed E-state index contributed by atoms with van der Waals surface area (Å²) in [7, 11) is 0. The number of carboxylic acids is 2. The number of nitrogens with two attached hydrogens (primary N) is 2. The number of hydrogen-bond acceptors (Lipinski definition) is 8. The van der Waals surface area contributed by atoms with E-state index in [1.807, 2.05) is 13.8 Å². The van der Waals surface area contributed by atoms with Gasteiger partial charge in [-0.25, -0.2) is 4.79 Å². The largest absolute Gasteiger partial charge is 0.481 e. The van der Waals surface area contributed by atoms with Crippen LogP contribution in [0.3, 0.4) is 0 Å². The summed E-state index contributed by atoms with van der Waals surface area (Å²) in [5, 5.41) is 28.3. The van der Waals surface area contributed by atoms with E-state index < -0.39 is 84.0 Å². The molecular formula is C29H44N6O9. The van der Waals surface area contributed by atoms with Crippen molar-refractivity contribution < 1.29 is 43.8 Å². The first-order valence-corrected chi connectivity index (χ1v) is 14.3. The lowest BCUT2D eigenvalue weighted by Crippen LogP contribution is -2.60. The van der Waals surface area contributed by atoms with Crippen LogP contribution in [0.15, 0.2) is 30.3 Å². The van der Waals surface area contributed by atoms with Gasteiger partial charge in [0.15, 0.2) is 0 Å². The van der Waals surface area contributed by atoms with Crippen molar-refractivity contribution in [1.82, 2.24) is 21.3 Å². The molecule has 0 heterocycles. The standard InChI is InChI=1S/C29H44N6O9/c1-15(2)12-19(33-28(42)24(16(3)4)35-25(39)18(30)10-11-23(37)38)26(40)32-20(13-17-8-6-5-7-9-17)27(41)34-21(29(43)44)14-22(31)36/h5-9,15-16,18-21,24H,10-14,30H2,1-4H3,(H2,31,36)(H,32,40)(H,33,42)(H,34,41)(H,35,39)(H,37,38)(H,43,44)/t18-,19-,20-,21+,24-/m0/s1. The van der Waals surface area contributed by atoms with E-state index in [9.17, 15) is 38.7 Å². The fourth-order valence-corrected chi connectivity index (χ4v) is 4.17. The Morgan fingerprint density at radius 3 is 1.80 bits per heavy atom. The minimum atomic E-state index is -1.63. The van der Waals surface area contributed by atoms with Gasteiger partial charge in [0.1, 0.15) is 24.2 Å². The average Bonchev–Trinajstić information content (AvgIpc) is 2.92. The fraction of sp³-hybridized carbons (Fsp3) is 0.552. The van der Waals surface area contributed by atoms with Gasteiger partial charge in [0.05, 0.1) is 12.5 Å². The van der Waals surface area contributed by atoms with Gasteiger partial charge in [-0.1, -0.05) is 58.0 Å². The van der Waals surface area contributed by atoms with Gasteiger partial charge < -0.3 is 42.9 Å². The number of amides is 5. The second kappa shape index (κ2) is 18.2. The third-order valence-corrected chi connectivity index (χ3v) is 6.53. The van der Waals surface area contributed by atoms with Crippen molar-refractivity contribution in [3.05, 3.63) is 35.9 Å². The molecule has 1 rings (SSSR count). The summed E-state index contributed by atoms with van der Waals surface area (Å²) in [6, 6.07) is 2.23. The Morgan fingerprint density at radius 1 is 0.750 bits per heavy atom. The van der Waals surface area contributed by atoms with Crippen molar-refractivity contribution >= 4 is 41.5 Å². The van der Waals surface area contributed by atoms with Gasteiger partial charge in [-0.3, -0.25) is 28.8 Å². The maximum Gasteiger partial charge on any atom is 0.326 e. The van der Waals surface area contributed by atoms with E-state index in [4.69, 9.17) is 16.6 Å². The Kier molecular flexibility index (Phi) is 15.5. The molecule has 0 aromatic heterocycles. The Labute approximate surface area is 255 Å². The van der Waals surface area contributed by atoms with Crippen molar-refractivity contribution in [2.75, 3.05) is 0 Å². The number of rotatable bonds is 19. The van der Waals surface area contributed by atoms with Gasteiger partial charge in [0, 0.05) is 12.8 Å². The van der Waals surface area contributed by atoms with E-state index >= 15 is 0 Å². The van der Waals surface area contributed by atoms with Gasteiger partial charge in [0.25, 0.3) is 0 Å². The summed E-state index contributed by atoms with van der Waals surface area (Å²) in [6.45, 7) is 6.95. The van der Waals surface area contributed by atoms with E-state index in [0.717, 1.165) is 0 Å². The van der Waals surface area contributed by atoms with Gasteiger partial charge in [0.2, 0.25) is 29.5 Å². The van der Waals surface area contributed by atoms with Crippen LogP contribution in [0.25, 0.3) is 0 Å². The van der Waals surface area contributed by atoms with E-state index in [2.05, 4.69) is 21.3 Å². The van der Waals surface area contributed by atoms with Crippen LogP contribution in [0, 0.1) is 11.8 Å². The van der Waals surface area contributed by atoms with Crippen molar-refractivity contribution in [2.45, 2.75) is 90.0 Å². The molecule has 0 aliphatic heterocycles. The highest BCUT2D eigenvalue weighted by molar-refractivity contribution is 5.96. The molecule has 244 valence electrons. The maximum atomic E-state index is 13.5. The molecule has 15 nitrogen and oxygen atoms in total. The third-order valence-electron chi connectivity index (χ3n) is 6.53. The number of carboxylic acid groups (broad SMARTS) is 2. The van der Waals surface area contributed by atoms with Gasteiger partial charge >= 0.3 is 11.9 Å². The summed E-state index contributed by atoms with van der Waals surface area (Å²) in [5.41, 5.74) is 11.5. The number of carbonyl (C=O) groups is 7. The molecule has 1 aromatic rings. The Morgan fingerprint density at radius 2 is 1.30 bits per heavy atom. The molecule has 0 saturated carbocycles. The molecule has 0 aliphatic carbocycles. The number of hydrogen-bond donors (Lipinski definition) is 8. The zero-order valence-corrected chi connectivity index (χ0v) is 25.4. The first-order valence-electron chi connectivity index (χ1n) is 14.3. The number of aliphatic carboxylic acids is 2. The molecule has 0 aliphatic rings. The summed E-state index contributed by atoms with van der Waals surface area (Å²) in [4.78, 5) is 86.4. The van der Waals surface area contributed by atoms with Crippen LogP contribution in [0.5, 0.6) is 0 Å². The molecule has 0 fully saturated rings. The zero-order chi connectivity index (χ0) is 33.6. The highest BCUT2D eigenvalue weighted by Gasteiger charge is 2.33. The molecule has 0 bridgehead atoms. The smallest absolute Gasteiger partial charge is 0.326 e. The van der Waals surface area contributed by atoms with Gasteiger partial charge in [-0.05, 0) is 30.2 Å². The van der Waals surface area contributed by atoms with E-state index in [0.29, 0.717) is 5.56 Å². The van der Waals surface area contributed by atoms with E-state index in [-0.39, 0.29) is 31.6 Å².